The van der Waals surface area contributed by atoms with Crippen LogP contribution in [-0.2, 0) is 0 Å². The Morgan fingerprint density at radius 2 is 2.15 bits per heavy atom. The highest BCUT2D eigenvalue weighted by atomic mass is 16.4. The number of hydrogen-bond acceptors (Lipinski definition) is 4. The Labute approximate surface area is 119 Å². The van der Waals surface area contributed by atoms with Gasteiger partial charge in [0.1, 0.15) is 0 Å². The molecule has 0 unspecified atom stereocenters. The maximum absolute atomic E-state index is 11.0. The number of nitrogens with two attached hydrogens (primary N) is 1. The Balaban J connectivity index is 2.30. The van der Waals surface area contributed by atoms with Crippen LogP contribution in [0, 0.1) is 5.92 Å². The molecule has 0 saturated heterocycles. The molecule has 1 fully saturated rings. The first kappa shape index (κ1) is 14.6. The van der Waals surface area contributed by atoms with E-state index in [1.807, 2.05) is 0 Å². The predicted molar refractivity (Wildman–Crippen MR) is 80.0 cm³/mol. The number of nitrogens with zero attached hydrogens (tertiary/aromatic N) is 2. The van der Waals surface area contributed by atoms with Crippen LogP contribution in [0.2, 0.25) is 0 Å². The van der Waals surface area contributed by atoms with Gasteiger partial charge in [0.15, 0.2) is 5.82 Å². The Bertz CT molecular complexity index is 482. The van der Waals surface area contributed by atoms with E-state index in [9.17, 15) is 4.79 Å². The average Bonchev–Trinajstić information content (AvgIpc) is 2.89. The molecule has 0 aliphatic heterocycles. The summed E-state index contributed by atoms with van der Waals surface area (Å²) in [7, 11) is 0. The fourth-order valence-corrected chi connectivity index (χ4v) is 2.85. The third kappa shape index (κ3) is 3.21. The van der Waals surface area contributed by atoms with Gasteiger partial charge >= 0.3 is 5.97 Å². The third-order valence-electron chi connectivity index (χ3n) is 3.74. The van der Waals surface area contributed by atoms with E-state index in [1.54, 1.807) is 0 Å². The van der Waals surface area contributed by atoms with Gasteiger partial charge in [-0.05, 0) is 24.8 Å². The molecule has 2 rings (SSSR count). The lowest BCUT2D eigenvalue weighted by Gasteiger charge is -2.32. The van der Waals surface area contributed by atoms with E-state index < -0.39 is 5.97 Å². The molecule has 1 aromatic rings. The molecule has 5 heteroatoms. The Morgan fingerprint density at radius 1 is 1.50 bits per heavy atom. The van der Waals surface area contributed by atoms with E-state index in [2.05, 4.69) is 23.7 Å². The molecule has 0 atom stereocenters. The van der Waals surface area contributed by atoms with Gasteiger partial charge in [0.25, 0.3) is 0 Å². The molecule has 5 nitrogen and oxygen atoms in total. The van der Waals surface area contributed by atoms with Crippen molar-refractivity contribution in [3.8, 4) is 0 Å². The molecular formula is C15H23N3O2. The number of rotatable bonds is 5. The van der Waals surface area contributed by atoms with Crippen molar-refractivity contribution in [2.45, 2.75) is 45.6 Å². The summed E-state index contributed by atoms with van der Waals surface area (Å²) in [4.78, 5) is 17.5. The fraction of sp³-hybridized carbons (Fsp3) is 0.600. The fourth-order valence-electron chi connectivity index (χ4n) is 2.85. The zero-order valence-corrected chi connectivity index (χ0v) is 12.2. The number of hydrogen-bond donors (Lipinski definition) is 2. The Morgan fingerprint density at radius 3 is 2.65 bits per heavy atom. The van der Waals surface area contributed by atoms with Gasteiger partial charge in [-0.25, -0.2) is 9.78 Å². The van der Waals surface area contributed by atoms with Crippen molar-refractivity contribution in [3.63, 3.8) is 0 Å². The van der Waals surface area contributed by atoms with E-state index in [-0.39, 0.29) is 5.56 Å². The zero-order valence-electron chi connectivity index (χ0n) is 12.2. The molecule has 20 heavy (non-hydrogen) atoms. The number of aromatic nitrogens is 1. The first-order chi connectivity index (χ1) is 9.49. The minimum absolute atomic E-state index is 0.141. The van der Waals surface area contributed by atoms with Crippen LogP contribution < -0.4 is 10.6 Å². The van der Waals surface area contributed by atoms with E-state index in [4.69, 9.17) is 10.8 Å². The van der Waals surface area contributed by atoms with Gasteiger partial charge in [-0.3, -0.25) is 0 Å². The van der Waals surface area contributed by atoms with Crippen LogP contribution in [0.3, 0.4) is 0 Å². The topological polar surface area (TPSA) is 79.5 Å². The molecule has 1 aliphatic rings. The number of pyridine rings is 1. The Kier molecular flexibility index (Phi) is 4.47. The average molecular weight is 277 g/mol. The smallest absolute Gasteiger partial charge is 0.337 e. The van der Waals surface area contributed by atoms with Crippen LogP contribution in [-0.4, -0.2) is 28.6 Å². The van der Waals surface area contributed by atoms with Gasteiger partial charge in [-0.1, -0.05) is 26.7 Å². The standard InChI is InChI=1S/C15H23N3O2/c1-10(2)9-18(12-5-3-4-6-12)14-13(16)7-11(8-17-14)15(19)20/h7-8,10,12H,3-6,9,16H2,1-2H3,(H,19,20). The number of aromatic carboxylic acids is 1. The second-order valence-corrected chi connectivity index (χ2v) is 5.93. The van der Waals surface area contributed by atoms with Crippen LogP contribution in [0.1, 0.15) is 49.9 Å². The van der Waals surface area contributed by atoms with E-state index in [1.165, 1.54) is 25.1 Å². The van der Waals surface area contributed by atoms with Crippen molar-refractivity contribution >= 4 is 17.5 Å². The number of nitrogen functional groups attached to an aromatic ring is 1. The number of carboxylic acids is 1. The van der Waals surface area contributed by atoms with Crippen molar-refractivity contribution in [1.29, 1.82) is 0 Å². The molecule has 1 aromatic heterocycles. The zero-order chi connectivity index (χ0) is 14.7. The van der Waals surface area contributed by atoms with Gasteiger partial charge in [-0.15, -0.1) is 0 Å². The monoisotopic (exact) mass is 277 g/mol. The minimum atomic E-state index is -0.993. The lowest BCUT2D eigenvalue weighted by Crippen LogP contribution is -2.37. The molecular weight excluding hydrogens is 254 g/mol. The van der Waals surface area contributed by atoms with Crippen molar-refractivity contribution in [3.05, 3.63) is 17.8 Å². The van der Waals surface area contributed by atoms with Crippen LogP contribution in [0.25, 0.3) is 0 Å². The number of carbonyl (C=O) groups is 1. The molecule has 0 spiro atoms. The van der Waals surface area contributed by atoms with Crippen molar-refractivity contribution in [2.75, 3.05) is 17.2 Å². The summed E-state index contributed by atoms with van der Waals surface area (Å²) in [5.41, 5.74) is 6.63. The van der Waals surface area contributed by atoms with E-state index in [0.717, 1.165) is 25.2 Å². The first-order valence-electron chi connectivity index (χ1n) is 7.24. The molecule has 1 saturated carbocycles. The minimum Gasteiger partial charge on any atom is -0.478 e. The highest BCUT2D eigenvalue weighted by Gasteiger charge is 2.26. The van der Waals surface area contributed by atoms with Crippen LogP contribution >= 0.6 is 0 Å². The number of carboxylic acid groups (broad SMARTS) is 1. The number of anilines is 2. The molecule has 0 bridgehead atoms. The molecule has 1 heterocycles. The highest BCUT2D eigenvalue weighted by Crippen LogP contribution is 2.31. The Hall–Kier alpha value is -1.78. The van der Waals surface area contributed by atoms with Gasteiger partial charge in [0.2, 0.25) is 0 Å². The molecule has 3 N–H and O–H groups in total. The summed E-state index contributed by atoms with van der Waals surface area (Å²) < 4.78 is 0. The molecule has 110 valence electrons. The summed E-state index contributed by atoms with van der Waals surface area (Å²) in [6.45, 7) is 5.24. The van der Waals surface area contributed by atoms with Crippen molar-refractivity contribution in [2.24, 2.45) is 5.92 Å². The third-order valence-corrected chi connectivity index (χ3v) is 3.74. The second-order valence-electron chi connectivity index (χ2n) is 5.93. The van der Waals surface area contributed by atoms with Crippen molar-refractivity contribution < 1.29 is 9.90 Å². The summed E-state index contributed by atoms with van der Waals surface area (Å²) in [6, 6.07) is 1.98. The summed E-state index contributed by atoms with van der Waals surface area (Å²) in [5.74, 6) is 0.249. The van der Waals surface area contributed by atoms with Gasteiger partial charge in [0, 0.05) is 18.8 Å². The van der Waals surface area contributed by atoms with E-state index >= 15 is 0 Å². The van der Waals surface area contributed by atoms with Gasteiger partial charge in [0.05, 0.1) is 11.3 Å². The predicted octanol–water partition coefficient (Wildman–Crippen LogP) is 2.77. The molecule has 1 aliphatic carbocycles. The maximum atomic E-state index is 11.0. The molecule has 0 aromatic carbocycles. The van der Waals surface area contributed by atoms with Crippen LogP contribution in [0.15, 0.2) is 12.3 Å². The quantitative estimate of drug-likeness (QED) is 0.865. The molecule has 0 radical (unpaired) electrons. The SMILES string of the molecule is CC(C)CN(c1ncc(C(=O)O)cc1N)C1CCCC1. The summed E-state index contributed by atoms with van der Waals surface area (Å²) in [5, 5.41) is 8.99. The maximum Gasteiger partial charge on any atom is 0.337 e. The van der Waals surface area contributed by atoms with Gasteiger partial charge < -0.3 is 15.7 Å². The van der Waals surface area contributed by atoms with Crippen molar-refractivity contribution in [1.82, 2.24) is 4.98 Å². The largest absolute Gasteiger partial charge is 0.478 e. The lowest BCUT2D eigenvalue weighted by atomic mass is 10.1. The van der Waals surface area contributed by atoms with Crippen LogP contribution in [0.5, 0.6) is 0 Å². The normalized spacial score (nSPS) is 15.8. The molecule has 0 amide bonds. The van der Waals surface area contributed by atoms with Crippen LogP contribution in [0.4, 0.5) is 11.5 Å². The van der Waals surface area contributed by atoms with E-state index in [0.29, 0.717) is 17.6 Å². The summed E-state index contributed by atoms with van der Waals surface area (Å²) in [6.07, 6.45) is 6.21. The summed E-state index contributed by atoms with van der Waals surface area (Å²) >= 11 is 0. The lowest BCUT2D eigenvalue weighted by molar-refractivity contribution is 0.0696. The second kappa shape index (κ2) is 6.11. The highest BCUT2D eigenvalue weighted by molar-refractivity contribution is 5.89. The first-order valence-corrected chi connectivity index (χ1v) is 7.24. The van der Waals surface area contributed by atoms with Gasteiger partial charge in [-0.2, -0.15) is 0 Å².